The van der Waals surface area contributed by atoms with Crippen LogP contribution in [0.3, 0.4) is 0 Å². The van der Waals surface area contributed by atoms with Gasteiger partial charge in [0.05, 0.1) is 41.3 Å². The average Bonchev–Trinajstić information content (AvgIpc) is 3.45. The first kappa shape index (κ1) is 23.7. The van der Waals surface area contributed by atoms with Gasteiger partial charge in [-0.3, -0.25) is 14.7 Å². The number of pyridine rings is 1. The molecule has 1 amide bonds. The molecule has 186 valence electrons. The summed E-state index contributed by atoms with van der Waals surface area (Å²) in [5.41, 5.74) is 2.16. The number of carbonyl (C=O) groups excluding carboxylic acids is 1. The molecule has 1 spiro atoms. The Hall–Kier alpha value is -4.05. The van der Waals surface area contributed by atoms with E-state index in [4.69, 9.17) is 5.11 Å². The van der Waals surface area contributed by atoms with Crippen molar-refractivity contribution in [1.82, 2.24) is 19.4 Å². The van der Waals surface area contributed by atoms with Crippen molar-refractivity contribution in [3.05, 3.63) is 65.9 Å². The third-order valence-corrected chi connectivity index (χ3v) is 7.32. The van der Waals surface area contributed by atoms with Crippen molar-refractivity contribution in [2.24, 2.45) is 12.5 Å². The van der Waals surface area contributed by atoms with Crippen molar-refractivity contribution in [2.45, 2.75) is 25.8 Å². The lowest BCUT2D eigenvalue weighted by atomic mass is 9.78. The van der Waals surface area contributed by atoms with Gasteiger partial charge < -0.3 is 19.7 Å². The number of amides is 1. The van der Waals surface area contributed by atoms with Gasteiger partial charge in [-0.05, 0) is 50.1 Å². The molecule has 2 N–H and O–H groups in total. The molecule has 0 bridgehead atoms. The maximum absolute atomic E-state index is 13.7. The van der Waals surface area contributed by atoms with Crippen LogP contribution >= 0.6 is 0 Å². The van der Waals surface area contributed by atoms with Crippen LogP contribution in [0, 0.1) is 5.41 Å². The fourth-order valence-corrected chi connectivity index (χ4v) is 5.28. The summed E-state index contributed by atoms with van der Waals surface area (Å²) in [6, 6.07) is 10.3. The summed E-state index contributed by atoms with van der Waals surface area (Å²) in [6.45, 7) is 2.49. The van der Waals surface area contributed by atoms with Crippen LogP contribution in [0.25, 0.3) is 11.3 Å². The van der Waals surface area contributed by atoms with Crippen molar-refractivity contribution in [3.8, 4) is 11.3 Å². The highest BCUT2D eigenvalue weighted by molar-refractivity contribution is 5.98. The Morgan fingerprint density at radius 2 is 1.75 bits per heavy atom. The molecular formula is C26H27N5O5. The maximum Gasteiger partial charge on any atom is 0.354 e. The molecule has 2 aliphatic rings. The van der Waals surface area contributed by atoms with Gasteiger partial charge in [0.1, 0.15) is 11.5 Å². The van der Waals surface area contributed by atoms with Crippen LogP contribution < -0.4 is 4.90 Å². The van der Waals surface area contributed by atoms with Crippen LogP contribution in [0.2, 0.25) is 0 Å². The largest absolute Gasteiger partial charge is 0.478 e. The zero-order chi connectivity index (χ0) is 25.4. The standard InChI is InChI=1S/C26H27N5O5/c1-29-21(24(34)35)14-28-22(29)15-30-12-10-26(16-30)9-2-11-31(25(26)36)19-7-8-20(27-13-19)17-3-5-18(6-4-17)23(32)33/h3-8,13-14H,2,9-12,15-16H2,1H3,(H,32,33)(H,34,35). The molecule has 10 heteroatoms. The number of rotatable bonds is 6. The molecule has 0 aliphatic carbocycles. The van der Waals surface area contributed by atoms with Crippen molar-refractivity contribution < 1.29 is 24.6 Å². The summed E-state index contributed by atoms with van der Waals surface area (Å²) in [5, 5.41) is 18.4. The molecule has 3 aromatic rings. The number of imidazole rings is 1. The van der Waals surface area contributed by atoms with Gasteiger partial charge in [0.2, 0.25) is 5.91 Å². The Morgan fingerprint density at radius 1 is 0.972 bits per heavy atom. The van der Waals surface area contributed by atoms with Gasteiger partial charge in [-0.25, -0.2) is 14.6 Å². The second-order valence-corrected chi connectivity index (χ2v) is 9.51. The van der Waals surface area contributed by atoms with Crippen molar-refractivity contribution in [2.75, 3.05) is 24.5 Å². The van der Waals surface area contributed by atoms with Gasteiger partial charge in [-0.1, -0.05) is 12.1 Å². The van der Waals surface area contributed by atoms with Crippen molar-refractivity contribution in [1.29, 1.82) is 0 Å². The van der Waals surface area contributed by atoms with Crippen LogP contribution in [-0.2, 0) is 18.4 Å². The Morgan fingerprint density at radius 3 is 2.39 bits per heavy atom. The molecule has 10 nitrogen and oxygen atoms in total. The number of piperidine rings is 1. The molecule has 0 saturated carbocycles. The smallest absolute Gasteiger partial charge is 0.354 e. The number of aromatic nitrogens is 3. The van der Waals surface area contributed by atoms with Crippen LogP contribution in [0.5, 0.6) is 0 Å². The molecule has 2 saturated heterocycles. The number of benzene rings is 1. The summed E-state index contributed by atoms with van der Waals surface area (Å²) in [4.78, 5) is 48.9. The van der Waals surface area contributed by atoms with E-state index in [1.54, 1.807) is 42.1 Å². The molecular weight excluding hydrogens is 462 g/mol. The van der Waals surface area contributed by atoms with E-state index in [1.807, 2.05) is 17.0 Å². The summed E-state index contributed by atoms with van der Waals surface area (Å²) >= 11 is 0. The first-order chi connectivity index (χ1) is 17.3. The number of likely N-dealkylation sites (tertiary alicyclic amines) is 1. The monoisotopic (exact) mass is 489 g/mol. The molecule has 36 heavy (non-hydrogen) atoms. The lowest BCUT2D eigenvalue weighted by Gasteiger charge is -2.39. The lowest BCUT2D eigenvalue weighted by molar-refractivity contribution is -0.129. The van der Waals surface area contributed by atoms with Crippen LogP contribution in [-0.4, -0.2) is 67.1 Å². The first-order valence-corrected chi connectivity index (χ1v) is 11.9. The van der Waals surface area contributed by atoms with E-state index in [0.717, 1.165) is 37.1 Å². The number of aromatic carboxylic acids is 2. The van der Waals surface area contributed by atoms with Gasteiger partial charge in [-0.2, -0.15) is 0 Å². The van der Waals surface area contributed by atoms with Gasteiger partial charge in [0, 0.05) is 25.7 Å². The zero-order valence-corrected chi connectivity index (χ0v) is 19.9. The highest BCUT2D eigenvalue weighted by Crippen LogP contribution is 2.42. The number of carboxylic acid groups (broad SMARTS) is 2. The van der Waals surface area contributed by atoms with Crippen LogP contribution in [0.15, 0.2) is 48.8 Å². The van der Waals surface area contributed by atoms with E-state index in [-0.39, 0.29) is 17.2 Å². The molecule has 4 heterocycles. The maximum atomic E-state index is 13.7. The fraction of sp³-hybridized carbons (Fsp3) is 0.346. The number of carbonyl (C=O) groups is 3. The summed E-state index contributed by atoms with van der Waals surface area (Å²) < 4.78 is 1.59. The summed E-state index contributed by atoms with van der Waals surface area (Å²) in [5.74, 6) is -1.22. The minimum atomic E-state index is -1.01. The van der Waals surface area contributed by atoms with E-state index in [1.165, 1.54) is 6.20 Å². The fourth-order valence-electron chi connectivity index (χ4n) is 5.28. The van der Waals surface area contributed by atoms with E-state index < -0.39 is 17.4 Å². The number of anilines is 1. The van der Waals surface area contributed by atoms with Gasteiger partial charge in [0.25, 0.3) is 0 Å². The molecule has 5 rings (SSSR count). The van der Waals surface area contributed by atoms with Crippen LogP contribution in [0.1, 0.15) is 45.9 Å². The summed E-state index contributed by atoms with van der Waals surface area (Å²) in [6.07, 6.45) is 5.53. The quantitative estimate of drug-likeness (QED) is 0.541. The molecule has 2 aromatic heterocycles. The highest BCUT2D eigenvalue weighted by Gasteiger charge is 2.48. The van der Waals surface area contributed by atoms with E-state index in [9.17, 15) is 19.5 Å². The third-order valence-electron chi connectivity index (χ3n) is 7.32. The SMILES string of the molecule is Cn1c(C(=O)O)cnc1CN1CCC2(CCCN(c3ccc(-c4ccc(C(=O)O)cc4)nc3)C2=O)C1. The summed E-state index contributed by atoms with van der Waals surface area (Å²) in [7, 11) is 1.70. The molecule has 2 fully saturated rings. The predicted molar refractivity (Wildman–Crippen MR) is 131 cm³/mol. The molecule has 1 unspecified atom stereocenters. The lowest BCUT2D eigenvalue weighted by Crippen LogP contribution is -2.50. The topological polar surface area (TPSA) is 129 Å². The van der Waals surface area contributed by atoms with Crippen molar-refractivity contribution in [3.63, 3.8) is 0 Å². The van der Waals surface area contributed by atoms with Gasteiger partial charge >= 0.3 is 11.9 Å². The number of hydrogen-bond acceptors (Lipinski definition) is 6. The Balaban J connectivity index is 1.29. The molecule has 2 aliphatic heterocycles. The Bertz CT molecular complexity index is 1320. The van der Waals surface area contributed by atoms with Crippen molar-refractivity contribution >= 4 is 23.5 Å². The van der Waals surface area contributed by atoms with E-state index in [0.29, 0.717) is 31.2 Å². The molecule has 0 radical (unpaired) electrons. The number of hydrogen-bond donors (Lipinski definition) is 2. The normalized spacial score (nSPS) is 20.2. The van der Waals surface area contributed by atoms with E-state index in [2.05, 4.69) is 14.9 Å². The van der Waals surface area contributed by atoms with E-state index >= 15 is 0 Å². The first-order valence-electron chi connectivity index (χ1n) is 11.9. The molecule has 1 atom stereocenters. The average molecular weight is 490 g/mol. The minimum absolute atomic E-state index is 0.0997. The second kappa shape index (κ2) is 9.19. The number of carboxylic acids is 2. The Labute approximate surface area is 207 Å². The third kappa shape index (κ3) is 4.24. The molecule has 1 aromatic carbocycles. The predicted octanol–water partition coefficient (Wildman–Crippen LogP) is 2.90. The minimum Gasteiger partial charge on any atom is -0.478 e. The highest BCUT2D eigenvalue weighted by atomic mass is 16.4. The van der Waals surface area contributed by atoms with Gasteiger partial charge in [-0.15, -0.1) is 0 Å². The number of nitrogens with zero attached hydrogens (tertiary/aromatic N) is 5. The Kier molecular flexibility index (Phi) is 6.05. The second-order valence-electron chi connectivity index (χ2n) is 9.51. The zero-order valence-electron chi connectivity index (χ0n) is 19.9. The van der Waals surface area contributed by atoms with Gasteiger partial charge in [0.15, 0.2) is 0 Å². The van der Waals surface area contributed by atoms with Crippen LogP contribution in [0.4, 0.5) is 5.69 Å².